The van der Waals surface area contributed by atoms with Crippen LogP contribution in [0.15, 0.2) is 78.9 Å². The van der Waals surface area contributed by atoms with Crippen LogP contribution < -0.4 is 20.9 Å². The van der Waals surface area contributed by atoms with Gasteiger partial charge in [-0.3, -0.25) is 9.59 Å². The van der Waals surface area contributed by atoms with Crippen LogP contribution in [0.2, 0.25) is 0 Å². The highest BCUT2D eigenvalue weighted by Crippen LogP contribution is 2.36. The maximum Gasteiger partial charge on any atom is 0.235 e. The molecule has 10 heteroatoms. The molecule has 63 heavy (non-hydrogen) atoms. The molecule has 2 saturated carbocycles. The molecule has 2 fully saturated rings. The van der Waals surface area contributed by atoms with Gasteiger partial charge in [-0.1, -0.05) is 94.9 Å². The highest BCUT2D eigenvalue weighted by molar-refractivity contribution is 6.01. The number of hydrogen-bond donors (Lipinski definition) is 4. The van der Waals surface area contributed by atoms with Crippen molar-refractivity contribution in [3.63, 3.8) is 0 Å². The molecule has 0 aromatic heterocycles. The molecule has 3 aromatic carbocycles. The largest absolute Gasteiger partial charge is 0.493 e. The zero-order valence-corrected chi connectivity index (χ0v) is 37.9. The minimum Gasteiger partial charge on any atom is -0.493 e. The smallest absolute Gasteiger partial charge is 0.235 e. The van der Waals surface area contributed by atoms with Crippen LogP contribution in [0.3, 0.4) is 0 Å². The number of nitrogens with two attached hydrogens (primary N) is 2. The summed E-state index contributed by atoms with van der Waals surface area (Å²) in [5, 5.41) is 22.8. The molecule has 6 N–H and O–H groups in total. The molecule has 3 aromatic rings. The van der Waals surface area contributed by atoms with Crippen molar-refractivity contribution in [1.29, 1.82) is 0 Å². The van der Waals surface area contributed by atoms with Gasteiger partial charge in [0, 0.05) is 31.0 Å². The monoisotopic (exact) mass is 867 g/mol. The fraction of sp³-hybridized carbons (Fsp3) is 0.547. The van der Waals surface area contributed by atoms with Gasteiger partial charge in [0.15, 0.2) is 5.78 Å². The lowest BCUT2D eigenvalue weighted by molar-refractivity contribution is -0.187. The predicted molar refractivity (Wildman–Crippen MR) is 253 cm³/mol. The van der Waals surface area contributed by atoms with Gasteiger partial charge in [0.2, 0.25) is 11.6 Å². The third kappa shape index (κ3) is 16.9. The summed E-state index contributed by atoms with van der Waals surface area (Å²) in [6.07, 6.45) is 24.4. The Kier molecular flexibility index (Phi) is 20.7. The molecule has 0 radical (unpaired) electrons. The van der Waals surface area contributed by atoms with Gasteiger partial charge in [0.25, 0.3) is 0 Å². The third-order valence-corrected chi connectivity index (χ3v) is 12.7. The molecule has 0 heterocycles. The molecule has 0 saturated heterocycles. The number of rotatable bonds is 27. The highest BCUT2D eigenvalue weighted by Gasteiger charge is 2.43. The average molecular weight is 867 g/mol. The number of nitrogen functional groups attached to an aromatic ring is 2. The first kappa shape index (κ1) is 49.5. The number of ether oxygens (including phenoxy) is 4. The Balaban J connectivity index is 1.09. The second-order valence-electron chi connectivity index (χ2n) is 17.8. The second kappa shape index (κ2) is 26.3. The van der Waals surface area contributed by atoms with Crippen LogP contribution in [-0.2, 0) is 19.1 Å². The van der Waals surface area contributed by atoms with Crippen molar-refractivity contribution in [3.05, 3.63) is 95.6 Å². The van der Waals surface area contributed by atoms with E-state index in [0.29, 0.717) is 48.5 Å². The Morgan fingerprint density at radius 1 is 0.651 bits per heavy atom. The molecule has 344 valence electrons. The lowest BCUT2D eigenvalue weighted by Crippen LogP contribution is -2.44. The molecule has 5 rings (SSSR count). The van der Waals surface area contributed by atoms with Gasteiger partial charge in [-0.05, 0) is 141 Å². The Bertz CT molecular complexity index is 1860. The second-order valence-corrected chi connectivity index (χ2v) is 17.8. The molecule has 10 nitrogen and oxygen atoms in total. The van der Waals surface area contributed by atoms with Crippen molar-refractivity contribution in [2.24, 2.45) is 11.8 Å². The van der Waals surface area contributed by atoms with E-state index in [1.807, 2.05) is 36.4 Å². The summed E-state index contributed by atoms with van der Waals surface area (Å²) in [6.45, 7) is 7.45. The van der Waals surface area contributed by atoms with Crippen LogP contribution in [0.4, 0.5) is 11.4 Å². The molecular formula is C53H74N2O8. The minimum atomic E-state index is -2.95. The van der Waals surface area contributed by atoms with E-state index in [1.165, 1.54) is 62.8 Å². The highest BCUT2D eigenvalue weighted by atomic mass is 16.5. The first-order valence-corrected chi connectivity index (χ1v) is 23.8. The summed E-state index contributed by atoms with van der Waals surface area (Å²) in [7, 11) is 0. The molecule has 0 bridgehead atoms. The third-order valence-electron chi connectivity index (χ3n) is 12.7. The Morgan fingerprint density at radius 2 is 1.13 bits per heavy atom. The van der Waals surface area contributed by atoms with Crippen LogP contribution in [0.25, 0.3) is 12.2 Å². The van der Waals surface area contributed by atoms with Crippen LogP contribution in [0.5, 0.6) is 11.5 Å². The summed E-state index contributed by atoms with van der Waals surface area (Å²) >= 11 is 0. The van der Waals surface area contributed by atoms with Crippen molar-refractivity contribution in [2.75, 3.05) is 37.9 Å². The maximum atomic E-state index is 13.5. The van der Waals surface area contributed by atoms with Gasteiger partial charge >= 0.3 is 0 Å². The van der Waals surface area contributed by atoms with Crippen molar-refractivity contribution >= 4 is 35.1 Å². The molecule has 0 aliphatic heterocycles. The number of anilines is 2. The molecule has 1 unspecified atom stereocenters. The first-order chi connectivity index (χ1) is 30.5. The summed E-state index contributed by atoms with van der Waals surface area (Å²) in [5.74, 6) is -3.27. The standard InChI is InChI=1S/C53H74N2O8/c1-3-5-7-9-33-60-45-27-16-41(17-28-45)37-62-47-23-12-39(13-24-47)11-22-44(56)36-50(49-31-21-43(54)35-51(49)55)53(58,59)52(57)32-20-40-14-25-48(26-15-40)63-38-42-18-29-46(30-19-42)61-34-10-8-6-4-2/h11-15,20-26,31-32,35,41-42,45-46,50,58-59H,3-10,16-19,27-30,33-34,36-38,54-55H2,1-2H3/b22-11+,32-20+. The van der Waals surface area contributed by atoms with Crippen LogP contribution in [-0.4, -0.2) is 66.2 Å². The van der Waals surface area contributed by atoms with Gasteiger partial charge in [-0.2, -0.15) is 0 Å². The molecule has 2 aliphatic carbocycles. The number of benzene rings is 3. The minimum absolute atomic E-state index is 0.144. The van der Waals surface area contributed by atoms with Gasteiger partial charge in [-0.25, -0.2) is 0 Å². The summed E-state index contributed by atoms with van der Waals surface area (Å²) < 4.78 is 24.4. The van der Waals surface area contributed by atoms with E-state index in [1.54, 1.807) is 24.3 Å². The van der Waals surface area contributed by atoms with Gasteiger partial charge in [0.1, 0.15) is 11.5 Å². The van der Waals surface area contributed by atoms with E-state index in [2.05, 4.69) is 13.8 Å². The Hall–Kier alpha value is -4.48. The van der Waals surface area contributed by atoms with Crippen molar-refractivity contribution in [2.45, 2.75) is 147 Å². The van der Waals surface area contributed by atoms with Gasteiger partial charge < -0.3 is 40.6 Å². The number of allylic oxidation sites excluding steroid dienone is 1. The number of ketones is 2. The molecule has 2 aliphatic rings. The van der Waals surface area contributed by atoms with Gasteiger partial charge in [-0.15, -0.1) is 0 Å². The van der Waals surface area contributed by atoms with E-state index in [-0.39, 0.29) is 11.3 Å². The fourth-order valence-corrected chi connectivity index (χ4v) is 8.57. The van der Waals surface area contributed by atoms with E-state index in [0.717, 1.165) is 101 Å². The fourth-order valence-electron chi connectivity index (χ4n) is 8.57. The van der Waals surface area contributed by atoms with E-state index >= 15 is 0 Å². The quantitative estimate of drug-likeness (QED) is 0.0251. The average Bonchev–Trinajstić information content (AvgIpc) is 3.29. The van der Waals surface area contributed by atoms with E-state index in [4.69, 9.17) is 30.4 Å². The van der Waals surface area contributed by atoms with E-state index < -0.39 is 29.7 Å². The SMILES string of the molecule is CCCCCCOC1CCC(COc2ccc(/C=C/C(=O)CC(c3ccc(N)cc3N)C(O)(O)C(=O)/C=C/c3ccc(OCC4CCC(OCCCCCC)CC4)cc3)cc2)CC1. The zero-order valence-electron chi connectivity index (χ0n) is 37.9. The van der Waals surface area contributed by atoms with Crippen LogP contribution in [0.1, 0.15) is 146 Å². The molecule has 1 atom stereocenters. The first-order valence-electron chi connectivity index (χ1n) is 23.8. The maximum absolute atomic E-state index is 13.5. The number of hydrogen-bond acceptors (Lipinski definition) is 10. The summed E-state index contributed by atoms with van der Waals surface area (Å²) in [6, 6.07) is 19.3. The molecule has 0 spiro atoms. The van der Waals surface area contributed by atoms with E-state index in [9.17, 15) is 19.8 Å². The summed E-state index contributed by atoms with van der Waals surface area (Å²) in [5.41, 5.74) is 14.4. The topological polar surface area (TPSA) is 164 Å². The Morgan fingerprint density at radius 3 is 1.59 bits per heavy atom. The van der Waals surface area contributed by atoms with Crippen molar-refractivity contribution in [1.82, 2.24) is 0 Å². The number of aliphatic hydroxyl groups is 2. The van der Waals surface area contributed by atoms with Gasteiger partial charge in [0.05, 0.1) is 31.3 Å². The van der Waals surface area contributed by atoms with Crippen LogP contribution >= 0.6 is 0 Å². The zero-order chi connectivity index (χ0) is 44.9. The van der Waals surface area contributed by atoms with Crippen molar-refractivity contribution < 1.29 is 38.7 Å². The number of carbonyl (C=O) groups excluding carboxylic acids is 2. The summed E-state index contributed by atoms with van der Waals surface area (Å²) in [4.78, 5) is 26.9. The normalized spacial score (nSPS) is 19.9. The number of unbranched alkanes of at least 4 members (excludes halogenated alkanes) is 6. The molecular weight excluding hydrogens is 793 g/mol. The van der Waals surface area contributed by atoms with Crippen LogP contribution in [0, 0.1) is 11.8 Å². The number of carbonyl (C=O) groups is 2. The lowest BCUT2D eigenvalue weighted by Gasteiger charge is -2.30. The van der Waals surface area contributed by atoms with Crippen molar-refractivity contribution in [3.8, 4) is 11.5 Å². The molecule has 0 amide bonds. The Labute approximate surface area is 376 Å². The lowest BCUT2D eigenvalue weighted by atomic mass is 9.82. The predicted octanol–water partition coefficient (Wildman–Crippen LogP) is 10.6.